The predicted molar refractivity (Wildman–Crippen MR) is 133 cm³/mol. The van der Waals surface area contributed by atoms with E-state index in [4.69, 9.17) is 9.47 Å². The molecule has 2 aromatic rings. The lowest BCUT2D eigenvalue weighted by Crippen LogP contribution is -2.46. The third-order valence-corrected chi connectivity index (χ3v) is 5.76. The van der Waals surface area contributed by atoms with Crippen molar-refractivity contribution in [2.24, 2.45) is 0 Å². The molecule has 206 valence electrons. The largest absolute Gasteiger partial charge is 0.445 e. The number of halogens is 3. The normalized spacial score (nSPS) is 17.6. The lowest BCUT2D eigenvalue weighted by molar-refractivity contribution is -0.137. The van der Waals surface area contributed by atoms with Crippen molar-refractivity contribution in [2.75, 3.05) is 13.1 Å². The Hall–Kier alpha value is -3.76. The van der Waals surface area contributed by atoms with E-state index in [1.54, 1.807) is 32.9 Å². The van der Waals surface area contributed by atoms with Crippen molar-refractivity contribution >= 4 is 18.1 Å². The van der Waals surface area contributed by atoms with E-state index in [0.717, 1.165) is 17.7 Å². The van der Waals surface area contributed by atoms with Gasteiger partial charge in [-0.15, -0.1) is 0 Å². The Morgan fingerprint density at radius 1 is 0.974 bits per heavy atom. The summed E-state index contributed by atoms with van der Waals surface area (Å²) in [6.45, 7) is 5.38. The number of nitrogens with zero attached hydrogens (tertiary/aromatic N) is 1. The summed E-state index contributed by atoms with van der Waals surface area (Å²) >= 11 is 0. The van der Waals surface area contributed by atoms with Gasteiger partial charge in [-0.2, -0.15) is 13.2 Å². The second-order valence-corrected chi connectivity index (χ2v) is 10.0. The SMILES string of the molecule is CC(C)(C)OC(=O)N[C@@H]1CC(C(=O)NCCc2ccc(C(F)(F)F)cc2)N(C(=O)OCc2ccccc2)C1. The van der Waals surface area contributed by atoms with Gasteiger partial charge in [-0.1, -0.05) is 42.5 Å². The molecule has 2 N–H and O–H groups in total. The zero-order valence-corrected chi connectivity index (χ0v) is 21.5. The number of ether oxygens (including phenoxy) is 2. The fourth-order valence-electron chi connectivity index (χ4n) is 3.98. The van der Waals surface area contributed by atoms with Crippen molar-refractivity contribution in [3.8, 4) is 0 Å². The predicted octanol–water partition coefficient (Wildman–Crippen LogP) is 4.67. The van der Waals surface area contributed by atoms with Crippen LogP contribution in [0.15, 0.2) is 54.6 Å². The molecule has 8 nitrogen and oxygen atoms in total. The van der Waals surface area contributed by atoms with E-state index >= 15 is 0 Å². The molecule has 1 fully saturated rings. The number of alkyl carbamates (subject to hydrolysis) is 1. The second-order valence-electron chi connectivity index (χ2n) is 10.0. The molecule has 0 aliphatic carbocycles. The van der Waals surface area contributed by atoms with Gasteiger partial charge in [-0.25, -0.2) is 9.59 Å². The maximum absolute atomic E-state index is 13.0. The molecule has 0 spiro atoms. The number of carbonyl (C=O) groups excluding carboxylic acids is 3. The maximum Gasteiger partial charge on any atom is 0.416 e. The first-order chi connectivity index (χ1) is 17.8. The number of likely N-dealkylation sites (tertiary alicyclic amines) is 1. The van der Waals surface area contributed by atoms with Crippen LogP contribution in [0.2, 0.25) is 0 Å². The maximum atomic E-state index is 13.0. The second kappa shape index (κ2) is 12.2. The molecule has 1 unspecified atom stereocenters. The number of carbonyl (C=O) groups is 3. The third-order valence-electron chi connectivity index (χ3n) is 5.76. The first-order valence-corrected chi connectivity index (χ1v) is 12.2. The summed E-state index contributed by atoms with van der Waals surface area (Å²) in [6, 6.07) is 12.3. The van der Waals surface area contributed by atoms with Crippen molar-refractivity contribution < 1.29 is 37.0 Å². The minimum absolute atomic E-state index is 0.0165. The summed E-state index contributed by atoms with van der Waals surface area (Å²) in [7, 11) is 0. The lowest BCUT2D eigenvalue weighted by atomic mass is 10.1. The number of nitrogens with one attached hydrogen (secondary N) is 2. The van der Waals surface area contributed by atoms with Crippen LogP contribution in [0.4, 0.5) is 22.8 Å². The summed E-state index contributed by atoms with van der Waals surface area (Å²) < 4.78 is 49.0. The van der Waals surface area contributed by atoms with Gasteiger partial charge < -0.3 is 20.1 Å². The third kappa shape index (κ3) is 8.67. The van der Waals surface area contributed by atoms with Crippen LogP contribution in [0, 0.1) is 0 Å². The smallest absolute Gasteiger partial charge is 0.416 e. The molecule has 11 heteroatoms. The van der Waals surface area contributed by atoms with Gasteiger partial charge in [0.1, 0.15) is 18.2 Å². The van der Waals surface area contributed by atoms with Crippen molar-refractivity contribution in [3.63, 3.8) is 0 Å². The molecule has 0 saturated carbocycles. The Morgan fingerprint density at radius 3 is 2.24 bits per heavy atom. The van der Waals surface area contributed by atoms with Gasteiger partial charge in [0, 0.05) is 13.1 Å². The van der Waals surface area contributed by atoms with Gasteiger partial charge >= 0.3 is 18.4 Å². The summed E-state index contributed by atoms with van der Waals surface area (Å²) in [6.07, 6.45) is -5.34. The van der Waals surface area contributed by atoms with E-state index in [1.165, 1.54) is 17.0 Å². The number of hydrogen-bond donors (Lipinski definition) is 2. The molecular formula is C27H32F3N3O5. The molecule has 1 aliphatic heterocycles. The van der Waals surface area contributed by atoms with Crippen LogP contribution in [0.5, 0.6) is 0 Å². The summed E-state index contributed by atoms with van der Waals surface area (Å²) in [5.41, 5.74) is -0.0646. The van der Waals surface area contributed by atoms with E-state index in [2.05, 4.69) is 10.6 Å². The molecule has 1 aliphatic rings. The Bertz CT molecular complexity index is 1100. The van der Waals surface area contributed by atoms with Gasteiger partial charge in [0.25, 0.3) is 0 Å². The van der Waals surface area contributed by atoms with Crippen LogP contribution in [-0.2, 0) is 33.5 Å². The monoisotopic (exact) mass is 535 g/mol. The van der Waals surface area contributed by atoms with Crippen LogP contribution >= 0.6 is 0 Å². The first-order valence-electron chi connectivity index (χ1n) is 12.2. The highest BCUT2D eigenvalue weighted by Crippen LogP contribution is 2.29. The van der Waals surface area contributed by atoms with Crippen molar-refractivity contribution in [1.82, 2.24) is 15.5 Å². The van der Waals surface area contributed by atoms with Gasteiger partial charge in [0.2, 0.25) is 5.91 Å². The first kappa shape index (κ1) is 28.8. The fourth-order valence-corrected chi connectivity index (χ4v) is 3.98. The number of hydrogen-bond acceptors (Lipinski definition) is 5. The average molecular weight is 536 g/mol. The van der Waals surface area contributed by atoms with Crippen molar-refractivity contribution in [2.45, 2.75) is 64.1 Å². The highest BCUT2D eigenvalue weighted by Gasteiger charge is 2.41. The molecule has 38 heavy (non-hydrogen) atoms. The fraction of sp³-hybridized carbons (Fsp3) is 0.444. The van der Waals surface area contributed by atoms with Crippen molar-refractivity contribution in [1.29, 1.82) is 0 Å². The molecule has 1 heterocycles. The molecular weight excluding hydrogens is 503 g/mol. The minimum Gasteiger partial charge on any atom is -0.445 e. The van der Waals surface area contributed by atoms with E-state index in [9.17, 15) is 27.6 Å². The zero-order valence-electron chi connectivity index (χ0n) is 21.5. The number of alkyl halides is 3. The van der Waals surface area contributed by atoms with Crippen LogP contribution in [0.1, 0.15) is 43.9 Å². The van der Waals surface area contributed by atoms with Gasteiger partial charge in [0.15, 0.2) is 0 Å². The minimum atomic E-state index is -4.42. The van der Waals surface area contributed by atoms with E-state index in [-0.39, 0.29) is 26.1 Å². The topological polar surface area (TPSA) is 97.0 Å². The standard InChI is InChI=1S/C27H32F3N3O5/c1-26(2,3)38-24(35)32-21-15-22(33(16-21)25(36)37-17-19-7-5-4-6-8-19)23(34)31-14-13-18-9-11-20(12-10-18)27(28,29)30/h4-12,21-22H,13-17H2,1-3H3,(H,31,34)(H,32,35)/t21-,22?/m1/s1. The highest BCUT2D eigenvalue weighted by atomic mass is 19.4. The molecule has 0 aromatic heterocycles. The van der Waals surface area contributed by atoms with Crippen LogP contribution in [-0.4, -0.2) is 53.8 Å². The summed E-state index contributed by atoms with van der Waals surface area (Å²) in [5.74, 6) is -0.456. The van der Waals surface area contributed by atoms with Crippen LogP contribution in [0.3, 0.4) is 0 Å². The molecule has 2 aromatic carbocycles. The Labute approximate surface area is 219 Å². The van der Waals surface area contributed by atoms with Gasteiger partial charge in [0.05, 0.1) is 11.6 Å². The summed E-state index contributed by atoms with van der Waals surface area (Å²) in [4.78, 5) is 39.4. The molecule has 3 rings (SSSR count). The van der Waals surface area contributed by atoms with E-state index in [0.29, 0.717) is 12.0 Å². The Balaban J connectivity index is 1.61. The zero-order chi connectivity index (χ0) is 27.9. The molecule has 0 bridgehead atoms. The summed E-state index contributed by atoms with van der Waals surface area (Å²) in [5, 5.41) is 5.43. The van der Waals surface area contributed by atoms with E-state index in [1.807, 2.05) is 18.2 Å². The Morgan fingerprint density at radius 2 is 1.63 bits per heavy atom. The van der Waals surface area contributed by atoms with E-state index < -0.39 is 47.5 Å². The number of rotatable bonds is 7. The van der Waals surface area contributed by atoms with Crippen LogP contribution in [0.25, 0.3) is 0 Å². The van der Waals surface area contributed by atoms with Gasteiger partial charge in [-0.05, 0) is 56.9 Å². The highest BCUT2D eigenvalue weighted by molar-refractivity contribution is 5.86. The molecule has 1 saturated heterocycles. The molecule has 3 amide bonds. The van der Waals surface area contributed by atoms with Gasteiger partial charge in [-0.3, -0.25) is 9.69 Å². The number of benzene rings is 2. The van der Waals surface area contributed by atoms with Crippen LogP contribution < -0.4 is 10.6 Å². The Kier molecular flexibility index (Phi) is 9.24. The number of amides is 3. The van der Waals surface area contributed by atoms with Crippen molar-refractivity contribution in [3.05, 3.63) is 71.3 Å². The molecule has 2 atom stereocenters. The quantitative estimate of drug-likeness (QED) is 0.537. The average Bonchev–Trinajstić information content (AvgIpc) is 3.25. The molecule has 0 radical (unpaired) electrons. The lowest BCUT2D eigenvalue weighted by Gasteiger charge is -2.23.